The van der Waals surface area contributed by atoms with Crippen LogP contribution in [-0.2, 0) is 0 Å². The van der Waals surface area contributed by atoms with Crippen LogP contribution in [0.4, 0.5) is 0 Å². The van der Waals surface area contributed by atoms with E-state index in [2.05, 4.69) is 10.2 Å². The second kappa shape index (κ2) is 8.09. The maximum atomic E-state index is 10.2. The molecule has 1 saturated heterocycles. The van der Waals surface area contributed by atoms with Crippen LogP contribution in [0, 0.1) is 0 Å². The van der Waals surface area contributed by atoms with Crippen LogP contribution in [0.1, 0.15) is 56.6 Å². The zero-order valence-corrected chi connectivity index (χ0v) is 13.6. The summed E-state index contributed by atoms with van der Waals surface area (Å²) in [5.41, 5.74) is 1.01. The van der Waals surface area contributed by atoms with Crippen LogP contribution in [0.3, 0.4) is 0 Å². The quantitative estimate of drug-likeness (QED) is 0.877. The van der Waals surface area contributed by atoms with Gasteiger partial charge in [0.25, 0.3) is 0 Å². The minimum atomic E-state index is -0.391. The SMILES string of the molecule is OC(CNC1CCN(C2CCCCC2)CC1)c1ccccc1. The van der Waals surface area contributed by atoms with E-state index in [0.29, 0.717) is 12.6 Å². The number of nitrogens with one attached hydrogen (secondary N) is 1. The molecule has 3 rings (SSSR count). The highest BCUT2D eigenvalue weighted by Gasteiger charge is 2.26. The average Bonchev–Trinajstić information content (AvgIpc) is 2.61. The van der Waals surface area contributed by atoms with E-state index in [1.807, 2.05) is 30.3 Å². The number of nitrogens with zero attached hydrogens (tertiary/aromatic N) is 1. The highest BCUT2D eigenvalue weighted by Crippen LogP contribution is 2.25. The summed E-state index contributed by atoms with van der Waals surface area (Å²) in [4.78, 5) is 2.71. The van der Waals surface area contributed by atoms with E-state index < -0.39 is 6.10 Å². The number of rotatable bonds is 5. The Bertz CT molecular complexity index is 422. The van der Waals surface area contributed by atoms with Crippen LogP contribution in [-0.4, -0.2) is 41.7 Å². The molecule has 3 nitrogen and oxygen atoms in total. The van der Waals surface area contributed by atoms with Crippen LogP contribution in [0.5, 0.6) is 0 Å². The highest BCUT2D eigenvalue weighted by molar-refractivity contribution is 5.17. The summed E-state index contributed by atoms with van der Waals surface area (Å²) >= 11 is 0. The smallest absolute Gasteiger partial charge is 0.0914 e. The Labute approximate surface area is 134 Å². The monoisotopic (exact) mass is 302 g/mol. The Morgan fingerprint density at radius 3 is 2.36 bits per heavy atom. The van der Waals surface area contributed by atoms with Gasteiger partial charge in [0.05, 0.1) is 6.10 Å². The topological polar surface area (TPSA) is 35.5 Å². The van der Waals surface area contributed by atoms with Gasteiger partial charge in [0.1, 0.15) is 0 Å². The molecule has 3 heteroatoms. The fraction of sp³-hybridized carbons (Fsp3) is 0.684. The van der Waals surface area contributed by atoms with Crippen LogP contribution in [0.25, 0.3) is 0 Å². The molecule has 1 saturated carbocycles. The summed E-state index contributed by atoms with van der Waals surface area (Å²) < 4.78 is 0. The van der Waals surface area contributed by atoms with Crippen molar-refractivity contribution in [3.05, 3.63) is 35.9 Å². The Morgan fingerprint density at radius 2 is 1.68 bits per heavy atom. The summed E-state index contributed by atoms with van der Waals surface area (Å²) in [6, 6.07) is 11.4. The molecule has 1 heterocycles. The second-order valence-electron chi connectivity index (χ2n) is 6.94. The normalized spacial score (nSPS) is 23.5. The molecule has 0 amide bonds. The van der Waals surface area contributed by atoms with Gasteiger partial charge in [-0.25, -0.2) is 0 Å². The maximum absolute atomic E-state index is 10.2. The van der Waals surface area contributed by atoms with E-state index in [0.717, 1.165) is 11.6 Å². The van der Waals surface area contributed by atoms with Crippen molar-refractivity contribution in [3.63, 3.8) is 0 Å². The lowest BCUT2D eigenvalue weighted by Crippen LogP contribution is -2.47. The molecule has 2 fully saturated rings. The molecule has 1 aliphatic heterocycles. The van der Waals surface area contributed by atoms with Crippen LogP contribution >= 0.6 is 0 Å². The van der Waals surface area contributed by atoms with Crippen LogP contribution < -0.4 is 5.32 Å². The molecule has 0 aromatic heterocycles. The number of piperidine rings is 1. The molecule has 0 radical (unpaired) electrons. The van der Waals surface area contributed by atoms with Crippen molar-refractivity contribution in [2.45, 2.75) is 63.1 Å². The van der Waals surface area contributed by atoms with Gasteiger partial charge in [-0.3, -0.25) is 0 Å². The van der Waals surface area contributed by atoms with Crippen molar-refractivity contribution >= 4 is 0 Å². The fourth-order valence-electron chi connectivity index (χ4n) is 3.99. The Kier molecular flexibility index (Phi) is 5.88. The number of aliphatic hydroxyl groups is 1. The predicted octanol–water partition coefficient (Wildman–Crippen LogP) is 3.11. The first-order valence-corrected chi connectivity index (χ1v) is 9.03. The molecule has 1 aromatic carbocycles. The summed E-state index contributed by atoms with van der Waals surface area (Å²) in [5.74, 6) is 0. The number of benzene rings is 1. The lowest BCUT2D eigenvalue weighted by Gasteiger charge is -2.39. The van der Waals surface area contributed by atoms with Crippen molar-refractivity contribution in [3.8, 4) is 0 Å². The molecule has 1 unspecified atom stereocenters. The second-order valence-corrected chi connectivity index (χ2v) is 6.94. The molecule has 1 aliphatic carbocycles. The van der Waals surface area contributed by atoms with Crippen molar-refractivity contribution < 1.29 is 5.11 Å². The van der Waals surface area contributed by atoms with Gasteiger partial charge in [0, 0.05) is 18.6 Å². The molecule has 0 spiro atoms. The van der Waals surface area contributed by atoms with E-state index in [9.17, 15) is 5.11 Å². The first-order chi connectivity index (χ1) is 10.8. The first kappa shape index (κ1) is 16.0. The van der Waals surface area contributed by atoms with Gasteiger partial charge in [-0.2, -0.15) is 0 Å². The van der Waals surface area contributed by atoms with Gasteiger partial charge in [0.15, 0.2) is 0 Å². The van der Waals surface area contributed by atoms with Crippen LogP contribution in [0.2, 0.25) is 0 Å². The van der Waals surface area contributed by atoms with Gasteiger partial charge in [-0.1, -0.05) is 49.6 Å². The summed E-state index contributed by atoms with van der Waals surface area (Å²) in [6.07, 6.45) is 9.15. The van der Waals surface area contributed by atoms with E-state index in [1.54, 1.807) is 0 Å². The van der Waals surface area contributed by atoms with E-state index in [1.165, 1.54) is 58.0 Å². The molecular formula is C19H30N2O. The Balaban J connectivity index is 1.38. The zero-order chi connectivity index (χ0) is 15.2. The first-order valence-electron chi connectivity index (χ1n) is 9.03. The lowest BCUT2D eigenvalue weighted by atomic mass is 9.92. The van der Waals surface area contributed by atoms with Gasteiger partial charge in [0.2, 0.25) is 0 Å². The summed E-state index contributed by atoms with van der Waals surface area (Å²) in [6.45, 7) is 3.12. The van der Waals surface area contributed by atoms with Gasteiger partial charge in [-0.15, -0.1) is 0 Å². The predicted molar refractivity (Wildman–Crippen MR) is 90.9 cm³/mol. The van der Waals surface area contributed by atoms with Crippen molar-refractivity contribution in [1.29, 1.82) is 0 Å². The standard InChI is InChI=1S/C19H30N2O/c22-19(16-7-3-1-4-8-16)15-20-17-11-13-21(14-12-17)18-9-5-2-6-10-18/h1,3-4,7-8,17-20,22H,2,5-6,9-15H2. The highest BCUT2D eigenvalue weighted by atomic mass is 16.3. The maximum Gasteiger partial charge on any atom is 0.0914 e. The van der Waals surface area contributed by atoms with Gasteiger partial charge in [-0.05, 0) is 44.3 Å². The summed E-state index contributed by atoms with van der Waals surface area (Å²) in [7, 11) is 0. The number of aliphatic hydroxyl groups excluding tert-OH is 1. The minimum absolute atomic E-state index is 0.391. The molecular weight excluding hydrogens is 272 g/mol. The van der Waals surface area contributed by atoms with Crippen molar-refractivity contribution in [2.24, 2.45) is 0 Å². The van der Waals surface area contributed by atoms with Gasteiger partial charge < -0.3 is 15.3 Å². The third-order valence-corrected chi connectivity index (χ3v) is 5.40. The van der Waals surface area contributed by atoms with E-state index in [4.69, 9.17) is 0 Å². The minimum Gasteiger partial charge on any atom is -0.387 e. The summed E-state index contributed by atoms with van der Waals surface area (Å²) in [5, 5.41) is 13.8. The molecule has 1 atom stereocenters. The Morgan fingerprint density at radius 1 is 1.00 bits per heavy atom. The molecule has 0 bridgehead atoms. The zero-order valence-electron chi connectivity index (χ0n) is 13.6. The number of hydrogen-bond acceptors (Lipinski definition) is 3. The molecule has 2 aliphatic rings. The largest absolute Gasteiger partial charge is 0.387 e. The third-order valence-electron chi connectivity index (χ3n) is 5.40. The third kappa shape index (κ3) is 4.31. The number of likely N-dealkylation sites (tertiary alicyclic amines) is 1. The molecule has 122 valence electrons. The van der Waals surface area contributed by atoms with E-state index in [-0.39, 0.29) is 0 Å². The Hall–Kier alpha value is -0.900. The lowest BCUT2D eigenvalue weighted by molar-refractivity contribution is 0.108. The average molecular weight is 302 g/mol. The van der Waals surface area contributed by atoms with E-state index >= 15 is 0 Å². The van der Waals surface area contributed by atoms with Crippen molar-refractivity contribution in [2.75, 3.05) is 19.6 Å². The van der Waals surface area contributed by atoms with Gasteiger partial charge >= 0.3 is 0 Å². The molecule has 2 N–H and O–H groups in total. The molecule has 1 aromatic rings. The molecule has 22 heavy (non-hydrogen) atoms. The van der Waals surface area contributed by atoms with Crippen LogP contribution in [0.15, 0.2) is 30.3 Å². The number of hydrogen-bond donors (Lipinski definition) is 2. The van der Waals surface area contributed by atoms with Crippen molar-refractivity contribution in [1.82, 2.24) is 10.2 Å². The fourth-order valence-corrected chi connectivity index (χ4v) is 3.99.